The quantitative estimate of drug-likeness (QED) is 0.196. The van der Waals surface area contributed by atoms with Crippen molar-refractivity contribution in [3.8, 4) is 17.2 Å². The van der Waals surface area contributed by atoms with Gasteiger partial charge < -0.3 is 29.7 Å². The molecule has 1 heterocycles. The summed E-state index contributed by atoms with van der Waals surface area (Å²) in [5.74, 6) is -0.914. The van der Waals surface area contributed by atoms with E-state index >= 15 is 0 Å². The van der Waals surface area contributed by atoms with E-state index in [2.05, 4.69) is 25.0 Å². The van der Waals surface area contributed by atoms with Crippen LogP contribution in [0.15, 0.2) is 48.5 Å². The Hall–Kier alpha value is -3.26. The molecule has 0 aromatic heterocycles. The fourth-order valence-electron chi connectivity index (χ4n) is 5.62. The van der Waals surface area contributed by atoms with Crippen molar-refractivity contribution in [2.24, 2.45) is 5.92 Å². The molecule has 2 N–H and O–H groups in total. The van der Waals surface area contributed by atoms with E-state index in [1.54, 1.807) is 6.07 Å². The van der Waals surface area contributed by atoms with Crippen LogP contribution in [0, 0.1) is 5.92 Å². The highest BCUT2D eigenvalue weighted by atomic mass is 32.1. The molecular weight excluding hydrogens is 612 g/mol. The number of alkyl halides is 6. The minimum atomic E-state index is -4.83. The van der Waals surface area contributed by atoms with Gasteiger partial charge in [-0.05, 0) is 107 Å². The number of rotatable bonds is 11. The predicted molar refractivity (Wildman–Crippen MR) is 156 cm³/mol. The Morgan fingerprint density at radius 2 is 1.55 bits per heavy atom. The molecule has 2 fully saturated rings. The molecule has 0 bridgehead atoms. The Morgan fingerprint density at radius 3 is 2.23 bits per heavy atom. The largest absolute Gasteiger partial charge is 0.573 e. The summed E-state index contributed by atoms with van der Waals surface area (Å²) in [5.41, 5.74) is 0.296. The number of carbonyl (C=O) groups excluding carboxylic acids is 1. The Labute approximate surface area is 257 Å². The molecule has 4 rings (SSSR count). The maximum Gasteiger partial charge on any atom is 0.573 e. The van der Waals surface area contributed by atoms with Crippen molar-refractivity contribution in [1.82, 2.24) is 10.2 Å². The summed E-state index contributed by atoms with van der Waals surface area (Å²) in [6.45, 7) is 2.88. The van der Waals surface area contributed by atoms with Crippen molar-refractivity contribution in [3.63, 3.8) is 0 Å². The molecule has 44 heavy (non-hydrogen) atoms. The van der Waals surface area contributed by atoms with E-state index in [1.165, 1.54) is 36.8 Å². The average Bonchev–Trinajstić information content (AvgIpc) is 2.94. The normalized spacial score (nSPS) is 21.3. The molecule has 1 saturated heterocycles. The Morgan fingerprint density at radius 1 is 0.886 bits per heavy atom. The summed E-state index contributed by atoms with van der Waals surface area (Å²) in [6.07, 6.45) is -4.11. The molecule has 1 saturated carbocycles. The number of piperidine rings is 1. The molecule has 1 aliphatic heterocycles. The summed E-state index contributed by atoms with van der Waals surface area (Å²) < 4.78 is 89.4. The molecule has 1 aliphatic carbocycles. The number of ketones is 1. The van der Waals surface area contributed by atoms with Crippen molar-refractivity contribution in [2.45, 2.75) is 76.2 Å². The van der Waals surface area contributed by atoms with Crippen LogP contribution in [0.3, 0.4) is 0 Å². The van der Waals surface area contributed by atoms with E-state index in [9.17, 15) is 31.1 Å². The number of likely N-dealkylation sites (tertiary alicyclic amines) is 1. The number of nitrogens with one attached hydrogen (secondary N) is 2. The van der Waals surface area contributed by atoms with E-state index in [0.29, 0.717) is 43.5 Å². The number of thiocarbonyl (C=S) groups is 1. The average molecular weight is 648 g/mol. The highest BCUT2D eigenvalue weighted by Gasteiger charge is 2.37. The van der Waals surface area contributed by atoms with Crippen molar-refractivity contribution >= 4 is 28.8 Å². The number of hydrogen-bond acceptors (Lipinski definition) is 6. The molecule has 0 radical (unpaired) electrons. The van der Waals surface area contributed by atoms with Gasteiger partial charge in [-0.1, -0.05) is 12.5 Å². The number of carbonyl (C=O) groups is 1. The van der Waals surface area contributed by atoms with Gasteiger partial charge in [-0.3, -0.25) is 4.79 Å². The Kier molecular flexibility index (Phi) is 11.6. The summed E-state index contributed by atoms with van der Waals surface area (Å²) in [7, 11) is 0. The lowest BCUT2D eigenvalue weighted by molar-refractivity contribution is -0.275. The van der Waals surface area contributed by atoms with Crippen molar-refractivity contribution in [2.75, 3.05) is 25.0 Å². The Balaban J connectivity index is 1.37. The second-order valence-corrected chi connectivity index (χ2v) is 11.3. The molecule has 0 spiro atoms. The van der Waals surface area contributed by atoms with E-state index in [4.69, 9.17) is 17.0 Å². The number of hydrogen-bond donors (Lipinski definition) is 2. The van der Waals surface area contributed by atoms with Crippen LogP contribution in [0.25, 0.3) is 0 Å². The lowest BCUT2D eigenvalue weighted by Gasteiger charge is -2.36. The van der Waals surface area contributed by atoms with Gasteiger partial charge in [0.05, 0.1) is 5.92 Å². The van der Waals surface area contributed by atoms with E-state index in [0.717, 1.165) is 44.6 Å². The first-order valence-electron chi connectivity index (χ1n) is 14.5. The van der Waals surface area contributed by atoms with Gasteiger partial charge in [0.25, 0.3) is 0 Å². The first kappa shape index (κ1) is 33.6. The molecule has 2 aliphatic rings. The first-order chi connectivity index (χ1) is 20.8. The second kappa shape index (κ2) is 15.2. The molecule has 3 unspecified atom stereocenters. The number of nitrogens with zero attached hydrogens (tertiary/aromatic N) is 1. The van der Waals surface area contributed by atoms with Gasteiger partial charge in [-0.25, -0.2) is 0 Å². The third-order valence-corrected chi connectivity index (χ3v) is 7.77. The van der Waals surface area contributed by atoms with Crippen LogP contribution >= 0.6 is 12.2 Å². The molecular formula is C30H35F6N3O4S. The molecule has 14 heteroatoms. The standard InChI is InChI=1S/C30H35F6N3O4S/c31-29(32,33)42-23-12-10-22(11-13-23)41-27-14-9-21(19-25(27)26(40)8-5-17-39-15-2-1-3-16-39)38-28(44)37-20-6-4-7-24(18-20)43-30(34,35)36/h4,6-7,10-13,18,21,25,27H,1-3,5,8-9,14-17,19H2,(H2,37,38,44). The van der Waals surface area contributed by atoms with Gasteiger partial charge in [0.2, 0.25) is 0 Å². The maximum absolute atomic E-state index is 13.5. The fraction of sp³-hybridized carbons (Fsp3) is 0.533. The van der Waals surface area contributed by atoms with Crippen LogP contribution in [0.2, 0.25) is 0 Å². The number of Topliss-reactive ketones (excluding diaryl/α,β-unsaturated/α-hetero) is 1. The molecule has 3 atom stereocenters. The smallest absolute Gasteiger partial charge is 0.490 e. The fourth-order valence-corrected chi connectivity index (χ4v) is 5.90. The van der Waals surface area contributed by atoms with Crippen LogP contribution < -0.4 is 24.8 Å². The van der Waals surface area contributed by atoms with Gasteiger partial charge in [-0.15, -0.1) is 26.3 Å². The van der Waals surface area contributed by atoms with Gasteiger partial charge in [0.1, 0.15) is 29.1 Å². The monoisotopic (exact) mass is 647 g/mol. The predicted octanol–water partition coefficient (Wildman–Crippen LogP) is 7.22. The van der Waals surface area contributed by atoms with Crippen molar-refractivity contribution in [1.29, 1.82) is 0 Å². The third kappa shape index (κ3) is 11.3. The van der Waals surface area contributed by atoms with E-state index < -0.39 is 30.5 Å². The molecule has 2 aromatic carbocycles. The lowest BCUT2D eigenvalue weighted by Crippen LogP contribution is -2.47. The van der Waals surface area contributed by atoms with Crippen molar-refractivity contribution < 1.29 is 45.3 Å². The Bertz CT molecular complexity index is 1240. The maximum atomic E-state index is 13.5. The summed E-state index contributed by atoms with van der Waals surface area (Å²) in [4.78, 5) is 15.9. The lowest BCUT2D eigenvalue weighted by atomic mass is 9.79. The minimum Gasteiger partial charge on any atom is -0.490 e. The first-order valence-corrected chi connectivity index (χ1v) is 14.9. The molecule has 2 aromatic rings. The second-order valence-electron chi connectivity index (χ2n) is 10.9. The van der Waals surface area contributed by atoms with E-state index in [-0.39, 0.29) is 22.7 Å². The highest BCUT2D eigenvalue weighted by molar-refractivity contribution is 7.80. The zero-order valence-corrected chi connectivity index (χ0v) is 24.7. The van der Waals surface area contributed by atoms with Crippen LogP contribution in [-0.4, -0.2) is 60.3 Å². The van der Waals surface area contributed by atoms with Gasteiger partial charge in [0, 0.05) is 24.2 Å². The molecule has 242 valence electrons. The summed E-state index contributed by atoms with van der Waals surface area (Å²) in [6, 6.07) is 10.1. The third-order valence-electron chi connectivity index (χ3n) is 7.55. The SMILES string of the molecule is O=C(CCCN1CCCCC1)C1CC(NC(=S)Nc2cccc(OC(F)(F)F)c2)CCC1Oc1ccc(OC(F)(F)F)cc1. The molecule has 0 amide bonds. The summed E-state index contributed by atoms with van der Waals surface area (Å²) in [5, 5.41) is 6.20. The van der Waals surface area contributed by atoms with Gasteiger partial charge in [-0.2, -0.15) is 0 Å². The number of anilines is 1. The number of halogens is 6. The number of ether oxygens (including phenoxy) is 3. The molecule has 7 nitrogen and oxygen atoms in total. The van der Waals surface area contributed by atoms with Gasteiger partial charge in [0.15, 0.2) is 5.11 Å². The van der Waals surface area contributed by atoms with Crippen LogP contribution in [0.4, 0.5) is 32.0 Å². The minimum absolute atomic E-state index is 0.0337. The highest BCUT2D eigenvalue weighted by Crippen LogP contribution is 2.33. The van der Waals surface area contributed by atoms with Crippen molar-refractivity contribution in [3.05, 3.63) is 48.5 Å². The number of benzene rings is 2. The summed E-state index contributed by atoms with van der Waals surface area (Å²) >= 11 is 5.40. The van der Waals surface area contributed by atoms with Crippen LogP contribution in [0.5, 0.6) is 17.2 Å². The zero-order chi connectivity index (χ0) is 31.7. The van der Waals surface area contributed by atoms with Gasteiger partial charge >= 0.3 is 12.7 Å². The van der Waals surface area contributed by atoms with Crippen LogP contribution in [0.1, 0.15) is 51.4 Å². The topological polar surface area (TPSA) is 72.1 Å². The zero-order valence-electron chi connectivity index (χ0n) is 23.9. The van der Waals surface area contributed by atoms with E-state index in [1.807, 2.05) is 0 Å². The van der Waals surface area contributed by atoms with Crippen LogP contribution in [-0.2, 0) is 4.79 Å².